The van der Waals surface area contributed by atoms with Crippen molar-refractivity contribution in [3.8, 4) is 0 Å². The molecule has 0 radical (unpaired) electrons. The molecule has 0 aliphatic heterocycles. The predicted octanol–water partition coefficient (Wildman–Crippen LogP) is 12.1. The molecule has 0 amide bonds. The molecule has 0 heterocycles. The Morgan fingerprint density at radius 2 is 0.941 bits per heavy atom. The Kier molecular flexibility index (Phi) is 29.8. The maximum atomic E-state index is 13.1. The van der Waals surface area contributed by atoms with Crippen molar-refractivity contribution in [1.29, 1.82) is 0 Å². The summed E-state index contributed by atoms with van der Waals surface area (Å²) in [5.41, 5.74) is 0. The average molecular weight is 717 g/mol. The molecule has 1 aliphatic carbocycles. The van der Waals surface area contributed by atoms with Gasteiger partial charge in [0.1, 0.15) is 0 Å². The van der Waals surface area contributed by atoms with E-state index in [9.17, 15) is 19.2 Å². The van der Waals surface area contributed by atoms with Crippen LogP contribution < -0.4 is 0 Å². The molecule has 3 atom stereocenters. The number of unbranched alkanes of at least 4 members (excludes halogenated alkanes) is 19. The van der Waals surface area contributed by atoms with Crippen LogP contribution in [0, 0.1) is 17.8 Å². The summed E-state index contributed by atoms with van der Waals surface area (Å²) in [6.45, 7) is 9.67. The van der Waals surface area contributed by atoms with Gasteiger partial charge in [-0.3, -0.25) is 0 Å². The van der Waals surface area contributed by atoms with E-state index in [1.165, 1.54) is 25.7 Å². The molecule has 0 aromatic heterocycles. The van der Waals surface area contributed by atoms with Gasteiger partial charge in [-0.2, -0.15) is 0 Å². The quantitative estimate of drug-likeness (QED) is 0.0293. The summed E-state index contributed by atoms with van der Waals surface area (Å²) in [4.78, 5) is 68.7. The molecule has 8 heteroatoms. The molecule has 0 saturated heterocycles. The van der Waals surface area contributed by atoms with Gasteiger partial charge in [0.25, 0.3) is 0 Å². The van der Waals surface area contributed by atoms with Gasteiger partial charge in [0.15, 0.2) is 0 Å². The van der Waals surface area contributed by atoms with Crippen LogP contribution in [0.2, 0.25) is 0 Å². The number of rotatable bonds is 32. The van der Waals surface area contributed by atoms with Gasteiger partial charge in [0, 0.05) is 0 Å². The first-order valence-corrected chi connectivity index (χ1v) is 20.6. The molecule has 1 aliphatic rings. The number of carbonyl (C=O) groups is 4. The van der Waals surface area contributed by atoms with E-state index in [0.717, 1.165) is 128 Å². The zero-order chi connectivity index (χ0) is 37.2. The topological polar surface area (TPSA) is 105 Å². The minimum Gasteiger partial charge on any atom is -0.247 e. The summed E-state index contributed by atoms with van der Waals surface area (Å²) in [5, 5.41) is 0. The Morgan fingerprint density at radius 3 is 1.43 bits per heavy atom. The van der Waals surface area contributed by atoms with E-state index < -0.39 is 23.9 Å². The Labute approximate surface area is 310 Å². The third-order valence-electron chi connectivity index (χ3n) is 9.88. The molecule has 1 rings (SSSR count). The first-order valence-electron chi connectivity index (χ1n) is 20.6. The van der Waals surface area contributed by atoms with Crippen molar-refractivity contribution in [2.75, 3.05) is 0 Å². The maximum Gasteiger partial charge on any atom is 0.359 e. The number of carbonyl (C=O) groups excluding carboxylic acids is 4. The summed E-state index contributed by atoms with van der Waals surface area (Å²) >= 11 is 0. The van der Waals surface area contributed by atoms with Crippen LogP contribution in [-0.2, 0) is 38.7 Å². The predicted molar refractivity (Wildman–Crippen MR) is 204 cm³/mol. The van der Waals surface area contributed by atoms with Crippen LogP contribution in [-0.4, -0.2) is 23.9 Å². The molecule has 0 fully saturated rings. The lowest BCUT2D eigenvalue weighted by Crippen LogP contribution is -2.30. The smallest absolute Gasteiger partial charge is 0.247 e. The third kappa shape index (κ3) is 26.5. The van der Waals surface area contributed by atoms with Gasteiger partial charge in [0.2, 0.25) is 0 Å². The zero-order valence-corrected chi connectivity index (χ0v) is 32.2. The molecule has 292 valence electrons. The molecule has 0 bridgehead atoms. The molecule has 3 unspecified atom stereocenters. The molecule has 0 N–H and O–H groups in total. The second-order valence-electron chi connectivity index (χ2n) is 14.5. The average Bonchev–Trinajstić information content (AvgIpc) is 3.13. The van der Waals surface area contributed by atoms with Gasteiger partial charge < -0.3 is 0 Å². The minimum atomic E-state index is -0.503. The zero-order valence-electron chi connectivity index (χ0n) is 32.2. The second-order valence-corrected chi connectivity index (χ2v) is 14.5. The van der Waals surface area contributed by atoms with Crippen molar-refractivity contribution in [2.45, 2.75) is 193 Å². The van der Waals surface area contributed by atoms with E-state index in [-0.39, 0.29) is 37.0 Å². The van der Waals surface area contributed by atoms with Gasteiger partial charge in [-0.05, 0) is 76.0 Å². The molecular weight excluding hydrogens is 644 g/mol. The highest BCUT2D eigenvalue weighted by Crippen LogP contribution is 2.35. The van der Waals surface area contributed by atoms with Gasteiger partial charge in [0.05, 0.1) is 25.2 Å². The van der Waals surface area contributed by atoms with E-state index in [1.807, 2.05) is 12.2 Å². The molecular formula is C43H72O8. The van der Waals surface area contributed by atoms with Crippen LogP contribution >= 0.6 is 0 Å². The molecule has 51 heavy (non-hydrogen) atoms. The van der Waals surface area contributed by atoms with Crippen molar-refractivity contribution in [2.24, 2.45) is 17.8 Å². The van der Waals surface area contributed by atoms with E-state index in [4.69, 9.17) is 14.7 Å². The van der Waals surface area contributed by atoms with Gasteiger partial charge in [-0.25, -0.2) is 38.7 Å². The normalized spacial score (nSPS) is 16.7. The van der Waals surface area contributed by atoms with Crippen LogP contribution in [0.3, 0.4) is 0 Å². The summed E-state index contributed by atoms with van der Waals surface area (Å²) in [7, 11) is 0. The Bertz CT molecular complexity index is 973. The summed E-state index contributed by atoms with van der Waals surface area (Å²) in [5.74, 6) is -1.81. The SMILES string of the molecule is C=CCCCCCCCCC(=O)OOC(=O)CCCCCCCC1C=CC(CCCCCC)C(C(=O)OOC(=O)CCCCCCCCC=C)C1. The number of hydrogen-bond acceptors (Lipinski definition) is 8. The Balaban J connectivity index is 2.26. The van der Waals surface area contributed by atoms with Crippen LogP contribution in [0.1, 0.15) is 193 Å². The standard InChI is InChI=1S/C43H72O8/c1-4-7-10-13-15-17-21-26-31-40(44)48-49-41(45)32-28-23-19-20-24-29-37-34-35-38(30-25-12-9-6-3)39(36-37)43(47)51-50-42(46)33-27-22-18-16-14-11-8-5-2/h4-5,34-35,37-39H,1-2,6-33,36H2,3H3. The van der Waals surface area contributed by atoms with Gasteiger partial charge in [-0.15, -0.1) is 13.2 Å². The van der Waals surface area contributed by atoms with Crippen molar-refractivity contribution < 1.29 is 38.7 Å². The summed E-state index contributed by atoms with van der Waals surface area (Å²) < 4.78 is 0. The van der Waals surface area contributed by atoms with Gasteiger partial charge >= 0.3 is 23.9 Å². The monoisotopic (exact) mass is 717 g/mol. The minimum absolute atomic E-state index is 0.104. The fourth-order valence-corrected chi connectivity index (χ4v) is 6.71. The molecule has 8 nitrogen and oxygen atoms in total. The highest BCUT2D eigenvalue weighted by molar-refractivity contribution is 5.75. The summed E-state index contributed by atoms with van der Waals surface area (Å²) in [6, 6.07) is 0. The fourth-order valence-electron chi connectivity index (χ4n) is 6.71. The molecule has 0 aromatic rings. The highest BCUT2D eigenvalue weighted by atomic mass is 17.2. The van der Waals surface area contributed by atoms with Gasteiger partial charge in [-0.1, -0.05) is 134 Å². The van der Waals surface area contributed by atoms with Crippen molar-refractivity contribution >= 4 is 23.9 Å². The lowest BCUT2D eigenvalue weighted by Gasteiger charge is -2.30. The van der Waals surface area contributed by atoms with E-state index >= 15 is 0 Å². The van der Waals surface area contributed by atoms with Crippen LogP contribution in [0.4, 0.5) is 0 Å². The van der Waals surface area contributed by atoms with E-state index in [0.29, 0.717) is 12.8 Å². The molecule has 0 aromatic carbocycles. The van der Waals surface area contributed by atoms with Crippen molar-refractivity contribution in [1.82, 2.24) is 0 Å². The van der Waals surface area contributed by atoms with Crippen LogP contribution in [0.15, 0.2) is 37.5 Å². The van der Waals surface area contributed by atoms with Crippen molar-refractivity contribution in [3.63, 3.8) is 0 Å². The third-order valence-corrected chi connectivity index (χ3v) is 9.88. The van der Waals surface area contributed by atoms with E-state index in [1.54, 1.807) is 0 Å². The highest BCUT2D eigenvalue weighted by Gasteiger charge is 2.34. The second kappa shape index (κ2) is 33.0. The first kappa shape index (κ1) is 46.1. The Hall–Kier alpha value is -2.90. The lowest BCUT2D eigenvalue weighted by atomic mass is 9.75. The lowest BCUT2D eigenvalue weighted by molar-refractivity contribution is -0.263. The summed E-state index contributed by atoms with van der Waals surface area (Å²) in [6.07, 6.45) is 35.6. The first-order chi connectivity index (χ1) is 24.9. The largest absolute Gasteiger partial charge is 0.359 e. The van der Waals surface area contributed by atoms with Crippen LogP contribution in [0.25, 0.3) is 0 Å². The van der Waals surface area contributed by atoms with Crippen molar-refractivity contribution in [3.05, 3.63) is 37.5 Å². The molecule has 0 saturated carbocycles. The number of allylic oxidation sites excluding steroid dienone is 4. The van der Waals surface area contributed by atoms with E-state index in [2.05, 4.69) is 37.1 Å². The van der Waals surface area contributed by atoms with Crippen LogP contribution in [0.5, 0.6) is 0 Å². The Morgan fingerprint density at radius 1 is 0.529 bits per heavy atom. The number of hydrogen-bond donors (Lipinski definition) is 0. The fraction of sp³-hybridized carbons (Fsp3) is 0.767. The molecule has 0 spiro atoms. The maximum absolute atomic E-state index is 13.1.